The lowest BCUT2D eigenvalue weighted by Gasteiger charge is -2.43. The van der Waals surface area contributed by atoms with E-state index in [-0.39, 0.29) is 12.1 Å². The lowest BCUT2D eigenvalue weighted by Crippen LogP contribution is -2.44. The Labute approximate surface area is 79.2 Å². The van der Waals surface area contributed by atoms with Gasteiger partial charge in [-0.05, 0) is 45.2 Å². The molecule has 0 atom stereocenters. The van der Waals surface area contributed by atoms with E-state index in [1.165, 1.54) is 17.8 Å². The Hall–Kier alpha value is -0.760. The molecule has 1 N–H and O–H groups in total. The zero-order valence-electron chi connectivity index (χ0n) is 8.38. The number of aliphatic hydroxyl groups is 1. The number of rotatable bonds is 2. The summed E-state index contributed by atoms with van der Waals surface area (Å²) in [5.41, 5.74) is 2.58. The molecule has 0 radical (unpaired) electrons. The standard InChI is InChI=1S/C11H17NO/c1-9-4-5-10(2)12(9)11(8-13)6-3-7-11/h4-5,13H,3,6-8H2,1-2H3. The number of aromatic nitrogens is 1. The van der Waals surface area contributed by atoms with Crippen molar-refractivity contribution in [3.05, 3.63) is 23.5 Å². The maximum atomic E-state index is 9.44. The second kappa shape index (κ2) is 2.88. The van der Waals surface area contributed by atoms with E-state index in [4.69, 9.17) is 0 Å². The van der Waals surface area contributed by atoms with Gasteiger partial charge in [0.25, 0.3) is 0 Å². The summed E-state index contributed by atoms with van der Waals surface area (Å²) >= 11 is 0. The van der Waals surface area contributed by atoms with Crippen LogP contribution in [0.5, 0.6) is 0 Å². The van der Waals surface area contributed by atoms with Crippen molar-refractivity contribution in [2.45, 2.75) is 38.6 Å². The van der Waals surface area contributed by atoms with Crippen LogP contribution < -0.4 is 0 Å². The van der Waals surface area contributed by atoms with Gasteiger partial charge in [-0.2, -0.15) is 0 Å². The highest BCUT2D eigenvalue weighted by molar-refractivity contribution is 5.19. The Kier molecular flexibility index (Phi) is 1.95. The fourth-order valence-corrected chi connectivity index (χ4v) is 2.45. The first-order valence-electron chi connectivity index (χ1n) is 4.96. The van der Waals surface area contributed by atoms with Crippen LogP contribution in [0.3, 0.4) is 0 Å². The van der Waals surface area contributed by atoms with Gasteiger partial charge in [-0.3, -0.25) is 0 Å². The molecule has 1 aliphatic rings. The van der Waals surface area contributed by atoms with E-state index in [2.05, 4.69) is 30.5 Å². The Morgan fingerprint density at radius 1 is 1.31 bits per heavy atom. The van der Waals surface area contributed by atoms with Crippen molar-refractivity contribution in [2.24, 2.45) is 0 Å². The third-order valence-corrected chi connectivity index (χ3v) is 3.32. The molecule has 1 aliphatic carbocycles. The highest BCUT2D eigenvalue weighted by Gasteiger charge is 2.39. The van der Waals surface area contributed by atoms with Crippen LogP contribution in [-0.2, 0) is 5.54 Å². The summed E-state index contributed by atoms with van der Waals surface area (Å²) in [6, 6.07) is 4.26. The van der Waals surface area contributed by atoms with E-state index < -0.39 is 0 Å². The lowest BCUT2D eigenvalue weighted by molar-refractivity contribution is 0.0522. The predicted molar refractivity (Wildman–Crippen MR) is 52.8 cm³/mol. The lowest BCUT2D eigenvalue weighted by atomic mass is 9.77. The van der Waals surface area contributed by atoms with Crippen molar-refractivity contribution in [1.29, 1.82) is 0 Å². The van der Waals surface area contributed by atoms with Gasteiger partial charge in [-0.25, -0.2) is 0 Å². The first kappa shape index (κ1) is 8.82. The van der Waals surface area contributed by atoms with Crippen LogP contribution in [0.2, 0.25) is 0 Å². The fourth-order valence-electron chi connectivity index (χ4n) is 2.45. The second-order valence-electron chi connectivity index (χ2n) is 4.19. The minimum atomic E-state index is 0.0394. The SMILES string of the molecule is Cc1ccc(C)n1C1(CO)CCC1. The maximum absolute atomic E-state index is 9.44. The largest absolute Gasteiger partial charge is 0.394 e. The predicted octanol–water partition coefficient (Wildman–Crippen LogP) is 1.98. The summed E-state index contributed by atoms with van der Waals surface area (Å²) in [5, 5.41) is 9.44. The summed E-state index contributed by atoms with van der Waals surface area (Å²) in [5.74, 6) is 0. The summed E-state index contributed by atoms with van der Waals surface area (Å²) in [6.07, 6.45) is 3.50. The third-order valence-electron chi connectivity index (χ3n) is 3.32. The average Bonchev–Trinajstić information content (AvgIpc) is 2.35. The Morgan fingerprint density at radius 3 is 2.15 bits per heavy atom. The van der Waals surface area contributed by atoms with E-state index in [0.29, 0.717) is 0 Å². The van der Waals surface area contributed by atoms with Crippen molar-refractivity contribution < 1.29 is 5.11 Å². The molecule has 2 nitrogen and oxygen atoms in total. The summed E-state index contributed by atoms with van der Waals surface area (Å²) in [7, 11) is 0. The number of hydrogen-bond acceptors (Lipinski definition) is 1. The minimum absolute atomic E-state index is 0.0394. The molecular weight excluding hydrogens is 162 g/mol. The van der Waals surface area contributed by atoms with Crippen LogP contribution in [0.4, 0.5) is 0 Å². The normalized spacial score (nSPS) is 19.9. The van der Waals surface area contributed by atoms with Gasteiger partial charge in [0.05, 0.1) is 12.1 Å². The fraction of sp³-hybridized carbons (Fsp3) is 0.636. The maximum Gasteiger partial charge on any atom is 0.0675 e. The summed E-state index contributed by atoms with van der Waals surface area (Å²) < 4.78 is 2.30. The quantitative estimate of drug-likeness (QED) is 0.737. The number of aliphatic hydroxyl groups excluding tert-OH is 1. The molecule has 0 spiro atoms. The zero-order valence-corrected chi connectivity index (χ0v) is 8.38. The molecule has 0 saturated heterocycles. The highest BCUT2D eigenvalue weighted by atomic mass is 16.3. The summed E-state index contributed by atoms with van der Waals surface area (Å²) in [4.78, 5) is 0. The Bertz CT molecular complexity index is 285. The summed E-state index contributed by atoms with van der Waals surface area (Å²) in [6.45, 7) is 4.51. The molecule has 0 amide bonds. The first-order chi connectivity index (χ1) is 6.19. The second-order valence-corrected chi connectivity index (χ2v) is 4.19. The molecule has 1 heterocycles. The average molecular weight is 179 g/mol. The number of aryl methyl sites for hydroxylation is 2. The zero-order chi connectivity index (χ0) is 9.47. The molecule has 72 valence electrons. The Morgan fingerprint density at radius 2 is 1.85 bits per heavy atom. The molecule has 0 aromatic carbocycles. The van der Waals surface area contributed by atoms with Gasteiger partial charge in [0, 0.05) is 11.4 Å². The molecule has 0 aliphatic heterocycles. The minimum Gasteiger partial charge on any atom is -0.394 e. The van der Waals surface area contributed by atoms with Crippen LogP contribution in [0.1, 0.15) is 30.7 Å². The van der Waals surface area contributed by atoms with Crippen molar-refractivity contribution >= 4 is 0 Å². The Balaban J connectivity index is 2.43. The van der Waals surface area contributed by atoms with Gasteiger partial charge >= 0.3 is 0 Å². The van der Waals surface area contributed by atoms with E-state index in [1.54, 1.807) is 0 Å². The molecule has 1 aromatic heterocycles. The van der Waals surface area contributed by atoms with Gasteiger partial charge in [-0.1, -0.05) is 0 Å². The van der Waals surface area contributed by atoms with Crippen molar-refractivity contribution in [3.8, 4) is 0 Å². The highest BCUT2D eigenvalue weighted by Crippen LogP contribution is 2.40. The van der Waals surface area contributed by atoms with E-state index in [1.807, 2.05) is 0 Å². The van der Waals surface area contributed by atoms with Crippen LogP contribution in [0.15, 0.2) is 12.1 Å². The molecule has 13 heavy (non-hydrogen) atoms. The van der Waals surface area contributed by atoms with E-state index in [9.17, 15) is 5.11 Å². The van der Waals surface area contributed by atoms with Crippen LogP contribution in [-0.4, -0.2) is 16.3 Å². The molecule has 2 rings (SSSR count). The van der Waals surface area contributed by atoms with Crippen LogP contribution in [0.25, 0.3) is 0 Å². The first-order valence-corrected chi connectivity index (χ1v) is 4.96. The van der Waals surface area contributed by atoms with Gasteiger partial charge in [-0.15, -0.1) is 0 Å². The van der Waals surface area contributed by atoms with Gasteiger partial charge in [0.1, 0.15) is 0 Å². The van der Waals surface area contributed by atoms with E-state index in [0.717, 1.165) is 12.8 Å². The molecule has 1 fully saturated rings. The van der Waals surface area contributed by atoms with Crippen molar-refractivity contribution in [2.75, 3.05) is 6.61 Å². The monoisotopic (exact) mass is 179 g/mol. The smallest absolute Gasteiger partial charge is 0.0675 e. The van der Waals surface area contributed by atoms with Crippen molar-refractivity contribution in [3.63, 3.8) is 0 Å². The third kappa shape index (κ3) is 1.12. The van der Waals surface area contributed by atoms with E-state index >= 15 is 0 Å². The van der Waals surface area contributed by atoms with Gasteiger partial charge in [0.2, 0.25) is 0 Å². The topological polar surface area (TPSA) is 25.2 Å². The van der Waals surface area contributed by atoms with Crippen LogP contribution in [0, 0.1) is 13.8 Å². The molecule has 0 unspecified atom stereocenters. The van der Waals surface area contributed by atoms with Gasteiger partial charge < -0.3 is 9.67 Å². The molecule has 0 bridgehead atoms. The number of hydrogen-bond donors (Lipinski definition) is 1. The molecule has 2 heteroatoms. The van der Waals surface area contributed by atoms with Gasteiger partial charge in [0.15, 0.2) is 0 Å². The van der Waals surface area contributed by atoms with Crippen molar-refractivity contribution in [1.82, 2.24) is 4.57 Å². The molecule has 1 saturated carbocycles. The van der Waals surface area contributed by atoms with Crippen LogP contribution >= 0.6 is 0 Å². The molecular formula is C11H17NO. The molecule has 1 aromatic rings. The number of nitrogens with zero attached hydrogens (tertiary/aromatic N) is 1.